The van der Waals surface area contributed by atoms with E-state index in [0.29, 0.717) is 6.54 Å². The molecule has 1 aromatic heterocycles. The van der Waals surface area contributed by atoms with Crippen LogP contribution >= 0.6 is 0 Å². The Kier molecular flexibility index (Phi) is 4.05. The van der Waals surface area contributed by atoms with E-state index in [9.17, 15) is 13.2 Å². The van der Waals surface area contributed by atoms with Crippen molar-refractivity contribution < 1.29 is 13.2 Å². The fourth-order valence-corrected chi connectivity index (χ4v) is 5.76. The van der Waals surface area contributed by atoms with Crippen LogP contribution in [-0.2, 0) is 21.2 Å². The first-order chi connectivity index (χ1) is 12.0. The molecule has 2 saturated heterocycles. The number of piperazine rings is 1. The van der Waals surface area contributed by atoms with Gasteiger partial charge in [-0.25, -0.2) is 8.42 Å². The zero-order valence-corrected chi connectivity index (χ0v) is 14.5. The smallest absolute Gasteiger partial charge is 0.241 e. The van der Waals surface area contributed by atoms with Crippen LogP contribution in [0.4, 0.5) is 5.69 Å². The van der Waals surface area contributed by atoms with Gasteiger partial charge in [-0.2, -0.15) is 0 Å². The quantitative estimate of drug-likeness (QED) is 0.823. The lowest BCUT2D eigenvalue weighted by Crippen LogP contribution is -2.61. The summed E-state index contributed by atoms with van der Waals surface area (Å²) in [5.74, 6) is 0.0459. The molecule has 0 saturated carbocycles. The van der Waals surface area contributed by atoms with Crippen molar-refractivity contribution in [2.75, 3.05) is 23.0 Å². The second-order valence-electron chi connectivity index (χ2n) is 6.58. The standard InChI is InChI=1S/C18H19N3O3S/c22-18-11-20(10-14-5-4-8-19-9-14)16-12-25(23,24)13-17(16)21(18)15-6-2-1-3-7-15/h1-9,16-17H,10-13H2/t16-,17+/m1/s1. The highest BCUT2D eigenvalue weighted by atomic mass is 32.2. The van der Waals surface area contributed by atoms with E-state index in [-0.39, 0.29) is 36.0 Å². The molecule has 2 aliphatic heterocycles. The second kappa shape index (κ2) is 6.24. The molecule has 0 aliphatic carbocycles. The maximum absolute atomic E-state index is 12.8. The molecular weight excluding hydrogens is 338 g/mol. The van der Waals surface area contributed by atoms with E-state index in [1.54, 1.807) is 17.3 Å². The fraction of sp³-hybridized carbons (Fsp3) is 0.333. The van der Waals surface area contributed by atoms with Crippen LogP contribution in [-0.4, -0.2) is 54.3 Å². The van der Waals surface area contributed by atoms with E-state index in [1.165, 1.54) is 0 Å². The summed E-state index contributed by atoms with van der Waals surface area (Å²) < 4.78 is 24.6. The summed E-state index contributed by atoms with van der Waals surface area (Å²) in [5.41, 5.74) is 1.74. The topological polar surface area (TPSA) is 70.6 Å². The molecule has 0 radical (unpaired) electrons. The number of hydrogen-bond donors (Lipinski definition) is 0. The highest BCUT2D eigenvalue weighted by Gasteiger charge is 2.49. The summed E-state index contributed by atoms with van der Waals surface area (Å²) in [6, 6.07) is 12.6. The third-order valence-corrected chi connectivity index (χ3v) is 6.54. The van der Waals surface area contributed by atoms with Crippen LogP contribution in [0.15, 0.2) is 54.9 Å². The number of aromatic nitrogens is 1. The summed E-state index contributed by atoms with van der Waals surface area (Å²) in [5, 5.41) is 0. The fourth-order valence-electron chi connectivity index (χ4n) is 3.78. The Bertz CT molecular complexity index is 871. The van der Waals surface area contributed by atoms with Gasteiger partial charge in [-0.3, -0.25) is 14.7 Å². The maximum Gasteiger partial charge on any atom is 0.241 e. The van der Waals surface area contributed by atoms with E-state index in [0.717, 1.165) is 11.3 Å². The average molecular weight is 357 g/mol. The first-order valence-electron chi connectivity index (χ1n) is 8.24. The van der Waals surface area contributed by atoms with E-state index < -0.39 is 9.84 Å². The second-order valence-corrected chi connectivity index (χ2v) is 8.73. The minimum Gasteiger partial charge on any atom is -0.306 e. The highest BCUT2D eigenvalue weighted by molar-refractivity contribution is 7.91. The van der Waals surface area contributed by atoms with Gasteiger partial charge in [0.1, 0.15) is 0 Å². The molecule has 0 N–H and O–H groups in total. The number of carbonyl (C=O) groups excluding carboxylic acids is 1. The SMILES string of the molecule is O=C1CN(Cc2cccnc2)[C@@H]2CS(=O)(=O)C[C@@H]2N1c1ccccc1. The predicted octanol–water partition coefficient (Wildman–Crippen LogP) is 1.10. The van der Waals surface area contributed by atoms with Gasteiger partial charge in [-0.15, -0.1) is 0 Å². The molecule has 7 heteroatoms. The van der Waals surface area contributed by atoms with Crippen LogP contribution in [0, 0.1) is 0 Å². The Morgan fingerprint density at radius 2 is 1.80 bits per heavy atom. The summed E-state index contributed by atoms with van der Waals surface area (Å²) >= 11 is 0. The maximum atomic E-state index is 12.8. The minimum absolute atomic E-state index is 0.0157. The third kappa shape index (κ3) is 3.17. The third-order valence-electron chi connectivity index (χ3n) is 4.84. The normalized spacial score (nSPS) is 25.8. The Labute approximate surface area is 147 Å². The average Bonchev–Trinajstić information content (AvgIpc) is 2.92. The van der Waals surface area contributed by atoms with E-state index >= 15 is 0 Å². The Morgan fingerprint density at radius 1 is 1.04 bits per heavy atom. The van der Waals surface area contributed by atoms with Gasteiger partial charge in [-0.05, 0) is 23.8 Å². The molecule has 0 bridgehead atoms. The number of benzene rings is 1. The Balaban J connectivity index is 1.67. The number of sulfone groups is 1. The molecule has 0 spiro atoms. The zero-order chi connectivity index (χ0) is 17.4. The number of pyridine rings is 1. The van der Waals surface area contributed by atoms with Crippen LogP contribution in [0.25, 0.3) is 0 Å². The molecule has 4 rings (SSSR count). The molecule has 1 amide bonds. The summed E-state index contributed by atoms with van der Waals surface area (Å²) in [6.07, 6.45) is 3.46. The summed E-state index contributed by atoms with van der Waals surface area (Å²) in [7, 11) is -3.17. The Hall–Kier alpha value is -2.25. The molecule has 6 nitrogen and oxygen atoms in total. The van der Waals surface area contributed by atoms with Crippen LogP contribution < -0.4 is 4.90 Å². The highest BCUT2D eigenvalue weighted by Crippen LogP contribution is 2.32. The predicted molar refractivity (Wildman–Crippen MR) is 94.8 cm³/mol. The van der Waals surface area contributed by atoms with Crippen LogP contribution in [0.2, 0.25) is 0 Å². The molecule has 130 valence electrons. The van der Waals surface area contributed by atoms with E-state index in [2.05, 4.69) is 4.98 Å². The van der Waals surface area contributed by atoms with Crippen molar-refractivity contribution in [2.45, 2.75) is 18.6 Å². The van der Waals surface area contributed by atoms with Gasteiger partial charge >= 0.3 is 0 Å². The van der Waals surface area contributed by atoms with Gasteiger partial charge in [0.2, 0.25) is 5.91 Å². The van der Waals surface area contributed by atoms with Gasteiger partial charge in [0.05, 0.1) is 24.1 Å². The van der Waals surface area contributed by atoms with Crippen LogP contribution in [0.5, 0.6) is 0 Å². The van der Waals surface area contributed by atoms with Gasteiger partial charge < -0.3 is 4.90 Å². The number of rotatable bonds is 3. The lowest BCUT2D eigenvalue weighted by Gasteiger charge is -2.43. The van der Waals surface area contributed by atoms with Crippen molar-refractivity contribution in [3.05, 3.63) is 60.4 Å². The molecule has 1 aromatic carbocycles. The number of nitrogens with zero attached hydrogens (tertiary/aromatic N) is 3. The zero-order valence-electron chi connectivity index (χ0n) is 13.7. The van der Waals surface area contributed by atoms with Crippen molar-refractivity contribution >= 4 is 21.4 Å². The van der Waals surface area contributed by atoms with Crippen molar-refractivity contribution in [1.29, 1.82) is 0 Å². The molecule has 2 atom stereocenters. The van der Waals surface area contributed by atoms with Crippen LogP contribution in [0.1, 0.15) is 5.56 Å². The molecular formula is C18H19N3O3S. The molecule has 2 fully saturated rings. The lowest BCUT2D eigenvalue weighted by molar-refractivity contribution is -0.123. The monoisotopic (exact) mass is 357 g/mol. The summed E-state index contributed by atoms with van der Waals surface area (Å²) in [4.78, 5) is 20.6. The van der Waals surface area contributed by atoms with Gasteiger partial charge in [0, 0.05) is 30.7 Å². The van der Waals surface area contributed by atoms with Gasteiger partial charge in [0.25, 0.3) is 0 Å². The number of amides is 1. The molecule has 3 heterocycles. The van der Waals surface area contributed by atoms with E-state index in [1.807, 2.05) is 47.4 Å². The van der Waals surface area contributed by atoms with Crippen molar-refractivity contribution in [1.82, 2.24) is 9.88 Å². The number of anilines is 1. The van der Waals surface area contributed by atoms with Crippen LogP contribution in [0.3, 0.4) is 0 Å². The number of carbonyl (C=O) groups is 1. The Morgan fingerprint density at radius 3 is 2.52 bits per heavy atom. The van der Waals surface area contributed by atoms with Gasteiger partial charge in [0.15, 0.2) is 9.84 Å². The molecule has 2 aliphatic rings. The first-order valence-corrected chi connectivity index (χ1v) is 10.1. The number of fused-ring (bicyclic) bond motifs is 1. The van der Waals surface area contributed by atoms with Crippen molar-refractivity contribution in [3.8, 4) is 0 Å². The molecule has 2 aromatic rings. The number of para-hydroxylation sites is 1. The molecule has 25 heavy (non-hydrogen) atoms. The van der Waals surface area contributed by atoms with Gasteiger partial charge in [-0.1, -0.05) is 24.3 Å². The minimum atomic E-state index is -3.17. The largest absolute Gasteiger partial charge is 0.306 e. The molecule has 0 unspecified atom stereocenters. The van der Waals surface area contributed by atoms with Crippen molar-refractivity contribution in [3.63, 3.8) is 0 Å². The van der Waals surface area contributed by atoms with E-state index in [4.69, 9.17) is 0 Å². The number of hydrogen-bond acceptors (Lipinski definition) is 5. The summed E-state index contributed by atoms with van der Waals surface area (Å²) in [6.45, 7) is 0.735. The first kappa shape index (κ1) is 16.2. The van der Waals surface area contributed by atoms with Crippen molar-refractivity contribution in [2.24, 2.45) is 0 Å². The lowest BCUT2D eigenvalue weighted by atomic mass is 10.0.